The molecule has 7 heteroatoms. The minimum absolute atomic E-state index is 0.0980. The quantitative estimate of drug-likeness (QED) is 0.320. The van der Waals surface area contributed by atoms with Gasteiger partial charge < -0.3 is 19.5 Å². The van der Waals surface area contributed by atoms with Gasteiger partial charge in [-0.25, -0.2) is 4.79 Å². The number of ether oxygens (including phenoxy) is 1. The highest BCUT2D eigenvalue weighted by molar-refractivity contribution is 7.15. The van der Waals surface area contributed by atoms with Gasteiger partial charge in [-0.2, -0.15) is 0 Å². The number of aromatic nitrogens is 1. The summed E-state index contributed by atoms with van der Waals surface area (Å²) in [6.45, 7) is 0.981. The van der Waals surface area contributed by atoms with Crippen LogP contribution < -0.4 is 10.1 Å². The van der Waals surface area contributed by atoms with Gasteiger partial charge >= 0.3 is 6.03 Å². The van der Waals surface area contributed by atoms with Crippen molar-refractivity contribution in [3.05, 3.63) is 105 Å². The van der Waals surface area contributed by atoms with Gasteiger partial charge in [-0.1, -0.05) is 35.9 Å². The minimum Gasteiger partial charge on any atom is -0.497 e. The Kier molecular flexibility index (Phi) is 6.23. The van der Waals surface area contributed by atoms with E-state index < -0.39 is 0 Å². The van der Waals surface area contributed by atoms with E-state index in [9.17, 15) is 4.79 Å². The fraction of sp³-hybridized carbons (Fsp3) is 0.276. The lowest BCUT2D eigenvalue weighted by Gasteiger charge is -2.31. The van der Waals surface area contributed by atoms with E-state index in [-0.39, 0.29) is 12.1 Å². The Balaban J connectivity index is 1.42. The van der Waals surface area contributed by atoms with Crippen LogP contribution in [0.5, 0.6) is 5.75 Å². The molecule has 2 aromatic carbocycles. The summed E-state index contributed by atoms with van der Waals surface area (Å²) in [5, 5.41) is 5.09. The maximum absolute atomic E-state index is 13.9. The van der Waals surface area contributed by atoms with Crippen molar-refractivity contribution in [3.63, 3.8) is 0 Å². The zero-order valence-corrected chi connectivity index (χ0v) is 21.7. The predicted octanol–water partition coefficient (Wildman–Crippen LogP) is 6.89. The van der Waals surface area contributed by atoms with Crippen LogP contribution in [-0.2, 0) is 25.9 Å². The van der Waals surface area contributed by atoms with Crippen LogP contribution in [0.2, 0.25) is 5.02 Å². The number of fused-ring (bicyclic) bond motifs is 5. The first-order chi connectivity index (χ1) is 17.6. The molecule has 4 aromatic rings. The molecule has 0 spiro atoms. The number of rotatable bonds is 4. The monoisotopic (exact) mass is 517 g/mol. The molecule has 3 heterocycles. The van der Waals surface area contributed by atoms with Crippen molar-refractivity contribution in [2.75, 3.05) is 7.11 Å². The number of nitrogens with one attached hydrogen (secondary N) is 1. The SMILES string of the molecule is COc1cccc(CNC(=O)N2Cc3c(sc4c3CCCC4)-n3cccc3[C@H]2c2cccc(Cl)c2)c1. The number of amides is 2. The first kappa shape index (κ1) is 23.2. The van der Waals surface area contributed by atoms with Crippen molar-refractivity contribution in [3.8, 4) is 10.8 Å². The molecule has 36 heavy (non-hydrogen) atoms. The molecule has 6 rings (SSSR count). The maximum atomic E-state index is 13.9. The summed E-state index contributed by atoms with van der Waals surface area (Å²) < 4.78 is 7.65. The summed E-state index contributed by atoms with van der Waals surface area (Å²) >= 11 is 8.32. The van der Waals surface area contributed by atoms with Gasteiger partial charge in [0.15, 0.2) is 0 Å². The summed E-state index contributed by atoms with van der Waals surface area (Å²) in [4.78, 5) is 17.4. The van der Waals surface area contributed by atoms with Crippen LogP contribution in [0.4, 0.5) is 4.79 Å². The molecule has 5 nitrogen and oxygen atoms in total. The molecule has 0 unspecified atom stereocenters. The molecule has 184 valence electrons. The molecule has 1 atom stereocenters. The smallest absolute Gasteiger partial charge is 0.318 e. The molecule has 1 aliphatic heterocycles. The molecule has 1 N–H and O–H groups in total. The van der Waals surface area contributed by atoms with Gasteiger partial charge in [0.05, 0.1) is 25.4 Å². The maximum Gasteiger partial charge on any atom is 0.318 e. The molecular formula is C29H28ClN3O2S. The number of hydrogen-bond acceptors (Lipinski definition) is 3. The van der Waals surface area contributed by atoms with Crippen LogP contribution in [0.1, 0.15) is 51.7 Å². The van der Waals surface area contributed by atoms with Gasteiger partial charge in [0.1, 0.15) is 10.8 Å². The van der Waals surface area contributed by atoms with Crippen LogP contribution in [0.15, 0.2) is 66.9 Å². The number of aryl methyl sites for hydroxylation is 1. The summed E-state index contributed by atoms with van der Waals surface area (Å²) in [6, 6.07) is 19.5. The molecule has 0 saturated carbocycles. The number of thiophene rings is 1. The second-order valence-electron chi connectivity index (χ2n) is 9.39. The zero-order valence-electron chi connectivity index (χ0n) is 20.2. The summed E-state index contributed by atoms with van der Waals surface area (Å²) in [5.74, 6) is 0.778. The second kappa shape index (κ2) is 9.68. The summed E-state index contributed by atoms with van der Waals surface area (Å²) in [7, 11) is 1.65. The number of urea groups is 1. The van der Waals surface area contributed by atoms with Gasteiger partial charge in [0.25, 0.3) is 0 Å². The third kappa shape index (κ3) is 4.18. The van der Waals surface area contributed by atoms with Crippen molar-refractivity contribution >= 4 is 29.0 Å². The van der Waals surface area contributed by atoms with Gasteiger partial charge in [-0.3, -0.25) is 0 Å². The van der Waals surface area contributed by atoms with Crippen molar-refractivity contribution < 1.29 is 9.53 Å². The molecule has 0 saturated heterocycles. The Morgan fingerprint density at radius 1 is 1.08 bits per heavy atom. The first-order valence-electron chi connectivity index (χ1n) is 12.4. The number of carbonyl (C=O) groups is 1. The van der Waals surface area contributed by atoms with Crippen LogP contribution in [0.25, 0.3) is 5.00 Å². The van der Waals surface area contributed by atoms with Crippen molar-refractivity contribution in [2.24, 2.45) is 0 Å². The molecule has 0 bridgehead atoms. The van der Waals surface area contributed by atoms with Crippen LogP contribution in [0.3, 0.4) is 0 Å². The summed E-state index contributed by atoms with van der Waals surface area (Å²) in [5.41, 5.74) is 5.80. The van der Waals surface area contributed by atoms with Gasteiger partial charge in [-0.15, -0.1) is 11.3 Å². The molecule has 2 aromatic heterocycles. The Morgan fingerprint density at radius 3 is 2.81 bits per heavy atom. The van der Waals surface area contributed by atoms with Crippen molar-refractivity contribution in [2.45, 2.75) is 44.8 Å². The minimum atomic E-state index is -0.261. The van der Waals surface area contributed by atoms with E-state index in [2.05, 4.69) is 34.3 Å². The first-order valence-corrected chi connectivity index (χ1v) is 13.6. The van der Waals surface area contributed by atoms with E-state index >= 15 is 0 Å². The van der Waals surface area contributed by atoms with E-state index in [1.807, 2.05) is 58.7 Å². The van der Waals surface area contributed by atoms with Crippen molar-refractivity contribution in [1.29, 1.82) is 0 Å². The second-order valence-corrected chi connectivity index (χ2v) is 10.9. The number of nitrogens with zero attached hydrogens (tertiary/aromatic N) is 2. The highest BCUT2D eigenvalue weighted by atomic mass is 35.5. The third-order valence-corrected chi connectivity index (χ3v) is 8.75. The Morgan fingerprint density at radius 2 is 1.94 bits per heavy atom. The number of halogens is 1. The average molecular weight is 518 g/mol. The van der Waals surface area contributed by atoms with Crippen LogP contribution in [-0.4, -0.2) is 22.6 Å². The van der Waals surface area contributed by atoms with Crippen LogP contribution >= 0.6 is 22.9 Å². The lowest BCUT2D eigenvalue weighted by atomic mass is 9.95. The van der Waals surface area contributed by atoms with Gasteiger partial charge in [-0.05, 0) is 78.8 Å². The Labute approximate surface area is 220 Å². The molecule has 2 amide bonds. The topological polar surface area (TPSA) is 46.5 Å². The molecule has 0 radical (unpaired) electrons. The Hall–Kier alpha value is -3.22. The van der Waals surface area contributed by atoms with Crippen molar-refractivity contribution in [1.82, 2.24) is 14.8 Å². The molecule has 2 aliphatic rings. The number of benzene rings is 2. The van der Waals surface area contributed by atoms with E-state index in [0.29, 0.717) is 18.1 Å². The normalized spacial score (nSPS) is 16.5. The van der Waals surface area contributed by atoms with E-state index in [1.165, 1.54) is 33.8 Å². The lowest BCUT2D eigenvalue weighted by molar-refractivity contribution is 0.180. The molecule has 1 aliphatic carbocycles. The number of carbonyl (C=O) groups excluding carboxylic acids is 1. The third-order valence-electron chi connectivity index (χ3n) is 7.18. The van der Waals surface area contributed by atoms with E-state index in [1.54, 1.807) is 7.11 Å². The highest BCUT2D eigenvalue weighted by Crippen LogP contribution is 2.44. The van der Waals surface area contributed by atoms with Gasteiger partial charge in [0.2, 0.25) is 0 Å². The molecule has 0 fully saturated rings. The Bertz CT molecular complexity index is 1430. The lowest BCUT2D eigenvalue weighted by Crippen LogP contribution is -2.41. The fourth-order valence-corrected chi connectivity index (χ4v) is 7.08. The predicted molar refractivity (Wildman–Crippen MR) is 144 cm³/mol. The van der Waals surface area contributed by atoms with E-state index in [4.69, 9.17) is 16.3 Å². The van der Waals surface area contributed by atoms with Gasteiger partial charge in [0, 0.05) is 28.2 Å². The standard InChI is InChI=1S/C29H28ClN3O2S/c1-35-22-10-4-7-19(15-22)17-31-29(34)33-18-24-23-11-2-3-13-26(23)36-28(24)32-14-6-12-25(32)27(33)20-8-5-9-21(30)16-20/h4-10,12,14-16,27H,2-3,11,13,17-18H2,1H3,(H,31,34)/t27-/m1/s1. The van der Waals surface area contributed by atoms with E-state index in [0.717, 1.165) is 35.4 Å². The number of methoxy groups -OCH3 is 1. The average Bonchev–Trinajstić information content (AvgIpc) is 3.49. The zero-order chi connectivity index (χ0) is 24.6. The fourth-order valence-electron chi connectivity index (χ4n) is 5.48. The molecular weight excluding hydrogens is 490 g/mol. The highest BCUT2D eigenvalue weighted by Gasteiger charge is 2.36. The number of hydrogen-bond donors (Lipinski definition) is 1. The largest absolute Gasteiger partial charge is 0.497 e. The summed E-state index contributed by atoms with van der Waals surface area (Å²) in [6.07, 6.45) is 6.78. The van der Waals surface area contributed by atoms with Crippen LogP contribution in [0, 0.1) is 0 Å².